The number of halogens is 1. The number of ether oxygens (including phenoxy) is 1. The van der Waals surface area contributed by atoms with E-state index < -0.39 is 5.54 Å². The highest BCUT2D eigenvalue weighted by atomic mass is 19.1. The van der Waals surface area contributed by atoms with Gasteiger partial charge in [-0.1, -0.05) is 12.1 Å². The molecule has 0 aliphatic heterocycles. The lowest BCUT2D eigenvalue weighted by atomic mass is 10.00. The molecule has 5 heteroatoms. The largest absolute Gasteiger partial charge is 0.468 e. The van der Waals surface area contributed by atoms with Gasteiger partial charge in [0.2, 0.25) is 0 Å². The van der Waals surface area contributed by atoms with Crippen LogP contribution in [-0.4, -0.2) is 37.7 Å². The van der Waals surface area contributed by atoms with Crippen LogP contribution in [0.5, 0.6) is 0 Å². The van der Waals surface area contributed by atoms with Gasteiger partial charge in [0.05, 0.1) is 12.8 Å². The van der Waals surface area contributed by atoms with Crippen LogP contribution in [0.1, 0.15) is 27.7 Å². The first kappa shape index (κ1) is 17.4. The van der Waals surface area contributed by atoms with Crippen LogP contribution in [0.15, 0.2) is 24.3 Å². The van der Waals surface area contributed by atoms with Crippen molar-refractivity contribution in [2.75, 3.05) is 25.1 Å². The van der Waals surface area contributed by atoms with E-state index in [0.29, 0.717) is 18.8 Å². The topological polar surface area (TPSA) is 41.6 Å². The number of methoxy groups -OCH3 is 1. The van der Waals surface area contributed by atoms with Gasteiger partial charge in [-0.05, 0) is 39.8 Å². The quantitative estimate of drug-likeness (QED) is 0.785. The summed E-state index contributed by atoms with van der Waals surface area (Å²) in [6, 6.07) is 6.67. The zero-order valence-electron chi connectivity index (χ0n) is 13.4. The maximum atomic E-state index is 14.0. The van der Waals surface area contributed by atoms with Gasteiger partial charge in [-0.3, -0.25) is 5.32 Å². The fraction of sp³-hybridized carbons (Fsp3) is 0.562. The number of hydrogen-bond acceptors (Lipinski definition) is 4. The van der Waals surface area contributed by atoms with E-state index in [1.165, 1.54) is 13.2 Å². The Morgan fingerprint density at radius 1 is 1.43 bits per heavy atom. The normalized spacial score (nSPS) is 13.9. The molecule has 0 aliphatic carbocycles. The summed E-state index contributed by atoms with van der Waals surface area (Å²) in [5, 5.41) is 3.22. The highest BCUT2D eigenvalue weighted by Crippen LogP contribution is 2.21. The Morgan fingerprint density at radius 3 is 2.52 bits per heavy atom. The first-order valence-corrected chi connectivity index (χ1v) is 7.19. The van der Waals surface area contributed by atoms with Crippen LogP contribution in [-0.2, 0) is 9.53 Å². The zero-order valence-corrected chi connectivity index (χ0v) is 13.4. The Kier molecular flexibility index (Phi) is 6.15. The molecule has 0 spiro atoms. The van der Waals surface area contributed by atoms with Gasteiger partial charge >= 0.3 is 5.97 Å². The minimum atomic E-state index is -0.902. The maximum Gasteiger partial charge on any atom is 0.327 e. The fourth-order valence-corrected chi connectivity index (χ4v) is 2.49. The molecule has 1 N–H and O–H groups in total. The molecule has 1 atom stereocenters. The van der Waals surface area contributed by atoms with Crippen LogP contribution >= 0.6 is 0 Å². The van der Waals surface area contributed by atoms with Gasteiger partial charge in [0.25, 0.3) is 0 Å². The third-order valence-corrected chi connectivity index (χ3v) is 3.33. The standard InChI is InChI=1S/C16H25FN2O2/c1-6-19(14-10-8-7-9-13(14)17)11-16(4,15(20)21-5)18-12(2)3/h7-10,12,18H,6,11H2,1-5H3. The Morgan fingerprint density at radius 2 is 2.05 bits per heavy atom. The lowest BCUT2D eigenvalue weighted by Crippen LogP contribution is -2.59. The number of esters is 1. The number of nitrogens with zero attached hydrogens (tertiary/aromatic N) is 1. The van der Waals surface area contributed by atoms with Crippen molar-refractivity contribution in [3.63, 3.8) is 0 Å². The molecule has 0 radical (unpaired) electrons. The molecule has 0 fully saturated rings. The van der Waals surface area contributed by atoms with Crippen molar-refractivity contribution in [2.45, 2.75) is 39.3 Å². The Labute approximate surface area is 126 Å². The van der Waals surface area contributed by atoms with Crippen LogP contribution in [0, 0.1) is 5.82 Å². The number of carbonyl (C=O) groups is 1. The monoisotopic (exact) mass is 296 g/mol. The van der Waals surface area contributed by atoms with Gasteiger partial charge in [-0.25, -0.2) is 9.18 Å². The average molecular weight is 296 g/mol. The summed E-state index contributed by atoms with van der Waals surface area (Å²) < 4.78 is 18.9. The number of anilines is 1. The van der Waals surface area contributed by atoms with Crippen molar-refractivity contribution in [1.82, 2.24) is 5.32 Å². The molecule has 4 nitrogen and oxygen atoms in total. The number of carbonyl (C=O) groups excluding carboxylic acids is 1. The Hall–Kier alpha value is -1.62. The van der Waals surface area contributed by atoms with E-state index >= 15 is 0 Å². The second kappa shape index (κ2) is 7.41. The number of para-hydroxylation sites is 1. The molecule has 118 valence electrons. The lowest BCUT2D eigenvalue weighted by molar-refractivity contribution is -0.147. The molecular weight excluding hydrogens is 271 g/mol. The SMILES string of the molecule is CCN(CC(C)(NC(C)C)C(=O)OC)c1ccccc1F. The third kappa shape index (κ3) is 4.43. The fourth-order valence-electron chi connectivity index (χ4n) is 2.49. The zero-order chi connectivity index (χ0) is 16.0. The van der Waals surface area contributed by atoms with Crippen molar-refractivity contribution < 1.29 is 13.9 Å². The molecule has 0 bridgehead atoms. The van der Waals surface area contributed by atoms with Crippen molar-refractivity contribution >= 4 is 11.7 Å². The van der Waals surface area contributed by atoms with Gasteiger partial charge in [0.15, 0.2) is 0 Å². The average Bonchev–Trinajstić information content (AvgIpc) is 2.44. The van der Waals surface area contributed by atoms with Crippen LogP contribution in [0.4, 0.5) is 10.1 Å². The van der Waals surface area contributed by atoms with E-state index in [2.05, 4.69) is 5.32 Å². The van der Waals surface area contributed by atoms with Crippen molar-refractivity contribution in [1.29, 1.82) is 0 Å². The summed E-state index contributed by atoms with van der Waals surface area (Å²) >= 11 is 0. The Bertz CT molecular complexity index is 479. The minimum Gasteiger partial charge on any atom is -0.468 e. The number of hydrogen-bond donors (Lipinski definition) is 1. The van der Waals surface area contributed by atoms with Crippen LogP contribution in [0.25, 0.3) is 0 Å². The summed E-state index contributed by atoms with van der Waals surface area (Å²) in [5.41, 5.74) is -0.415. The molecular formula is C16H25FN2O2. The Balaban J connectivity index is 3.05. The molecule has 1 aromatic carbocycles. The summed E-state index contributed by atoms with van der Waals surface area (Å²) in [6.07, 6.45) is 0. The molecule has 0 aliphatic rings. The van der Waals surface area contributed by atoms with Crippen LogP contribution in [0.2, 0.25) is 0 Å². The third-order valence-electron chi connectivity index (χ3n) is 3.33. The van der Waals surface area contributed by atoms with Gasteiger partial charge in [-0.2, -0.15) is 0 Å². The summed E-state index contributed by atoms with van der Waals surface area (Å²) in [6.45, 7) is 8.55. The van der Waals surface area contributed by atoms with Gasteiger partial charge in [0, 0.05) is 19.1 Å². The summed E-state index contributed by atoms with van der Waals surface area (Å²) in [7, 11) is 1.36. The number of benzene rings is 1. The van der Waals surface area contributed by atoms with Gasteiger partial charge < -0.3 is 9.64 Å². The maximum absolute atomic E-state index is 14.0. The number of likely N-dealkylation sites (N-methyl/N-ethyl adjacent to an activating group) is 1. The van der Waals surface area contributed by atoms with Crippen LogP contribution in [0.3, 0.4) is 0 Å². The highest BCUT2D eigenvalue weighted by Gasteiger charge is 2.37. The minimum absolute atomic E-state index is 0.105. The van der Waals surface area contributed by atoms with Crippen molar-refractivity contribution in [3.8, 4) is 0 Å². The van der Waals surface area contributed by atoms with E-state index in [9.17, 15) is 9.18 Å². The molecule has 0 saturated heterocycles. The molecule has 1 aromatic rings. The molecule has 0 amide bonds. The molecule has 0 heterocycles. The predicted octanol–water partition coefficient (Wildman–Crippen LogP) is 2.58. The molecule has 21 heavy (non-hydrogen) atoms. The first-order chi connectivity index (χ1) is 9.84. The smallest absolute Gasteiger partial charge is 0.327 e. The molecule has 1 unspecified atom stereocenters. The van der Waals surface area contributed by atoms with Crippen molar-refractivity contribution in [2.24, 2.45) is 0 Å². The van der Waals surface area contributed by atoms with Gasteiger partial charge in [-0.15, -0.1) is 0 Å². The predicted molar refractivity (Wildman–Crippen MR) is 83.0 cm³/mol. The van der Waals surface area contributed by atoms with Gasteiger partial charge in [0.1, 0.15) is 11.4 Å². The van der Waals surface area contributed by atoms with E-state index in [0.717, 1.165) is 0 Å². The van der Waals surface area contributed by atoms with E-state index in [4.69, 9.17) is 4.74 Å². The first-order valence-electron chi connectivity index (χ1n) is 7.19. The second-order valence-corrected chi connectivity index (χ2v) is 5.59. The summed E-state index contributed by atoms with van der Waals surface area (Å²) in [4.78, 5) is 14.0. The number of rotatable bonds is 7. The molecule has 1 rings (SSSR count). The summed E-state index contributed by atoms with van der Waals surface area (Å²) in [5.74, 6) is -0.651. The molecule has 0 saturated carbocycles. The highest BCUT2D eigenvalue weighted by molar-refractivity contribution is 5.81. The second-order valence-electron chi connectivity index (χ2n) is 5.59. The van der Waals surface area contributed by atoms with Crippen LogP contribution < -0.4 is 10.2 Å². The molecule has 0 aromatic heterocycles. The number of nitrogens with one attached hydrogen (secondary N) is 1. The van der Waals surface area contributed by atoms with Crippen molar-refractivity contribution in [3.05, 3.63) is 30.1 Å². The van der Waals surface area contributed by atoms with E-state index in [1.54, 1.807) is 25.1 Å². The lowest BCUT2D eigenvalue weighted by Gasteiger charge is -2.36. The van der Waals surface area contributed by atoms with E-state index in [1.807, 2.05) is 25.7 Å². The van der Waals surface area contributed by atoms with E-state index in [-0.39, 0.29) is 17.8 Å².